The van der Waals surface area contributed by atoms with Crippen LogP contribution in [0.4, 0.5) is 0 Å². The lowest BCUT2D eigenvalue weighted by atomic mass is 10.1. The molecule has 0 aromatic rings. The third-order valence-corrected chi connectivity index (χ3v) is 9.61. The van der Waals surface area contributed by atoms with Gasteiger partial charge in [0.2, 0.25) is 0 Å². The van der Waals surface area contributed by atoms with E-state index in [4.69, 9.17) is 18.5 Å². The number of phosphoric ester groups is 1. The average molecular weight is 780 g/mol. The number of carbonyl (C=O) groups is 2. The Labute approximate surface area is 330 Å². The second-order valence-corrected chi connectivity index (χ2v) is 15.2. The van der Waals surface area contributed by atoms with Crippen molar-refractivity contribution in [2.75, 3.05) is 33.4 Å². The lowest BCUT2D eigenvalue weighted by Crippen LogP contribution is -2.29. The minimum atomic E-state index is -4.36. The van der Waals surface area contributed by atoms with Gasteiger partial charge in [0, 0.05) is 19.4 Å². The summed E-state index contributed by atoms with van der Waals surface area (Å²) in [6.07, 6.45) is 45.4. The van der Waals surface area contributed by atoms with Crippen LogP contribution in [0.1, 0.15) is 168 Å². The predicted octanol–water partition coefficient (Wildman–Crippen LogP) is 12.0. The van der Waals surface area contributed by atoms with E-state index >= 15 is 0 Å². The molecule has 0 rings (SSSR count). The molecule has 0 fully saturated rings. The molecule has 10 heteroatoms. The predicted molar refractivity (Wildman–Crippen MR) is 224 cm³/mol. The van der Waals surface area contributed by atoms with E-state index in [1.165, 1.54) is 51.4 Å². The van der Waals surface area contributed by atoms with Gasteiger partial charge >= 0.3 is 19.8 Å². The summed E-state index contributed by atoms with van der Waals surface area (Å²) in [5.74, 6) is -0.843. The molecule has 9 nitrogen and oxygen atoms in total. The summed E-state index contributed by atoms with van der Waals surface area (Å²) in [7, 11) is -2.66. The minimum absolute atomic E-state index is 0.0252. The van der Waals surface area contributed by atoms with Crippen LogP contribution in [-0.2, 0) is 32.7 Å². The number of allylic oxidation sites excluding steroid dienone is 10. The number of rotatable bonds is 39. The first-order valence-corrected chi connectivity index (χ1v) is 22.7. The molecule has 2 N–H and O–H groups in total. The van der Waals surface area contributed by atoms with Gasteiger partial charge in [-0.05, 0) is 84.1 Å². The molecule has 0 aromatic heterocycles. The lowest BCUT2D eigenvalue weighted by Gasteiger charge is -2.20. The highest BCUT2D eigenvalue weighted by Crippen LogP contribution is 2.43. The molecule has 0 heterocycles. The van der Waals surface area contributed by atoms with E-state index < -0.39 is 26.5 Å². The van der Waals surface area contributed by atoms with Gasteiger partial charge < -0.3 is 19.7 Å². The Morgan fingerprint density at radius 1 is 0.593 bits per heavy atom. The molecule has 0 bridgehead atoms. The first-order valence-electron chi connectivity index (χ1n) is 21.2. The molecule has 2 atom stereocenters. The fraction of sp³-hybridized carbons (Fsp3) is 0.727. The van der Waals surface area contributed by atoms with Gasteiger partial charge in [0.1, 0.15) is 6.61 Å². The van der Waals surface area contributed by atoms with Crippen LogP contribution in [0, 0.1) is 0 Å². The maximum absolute atomic E-state index is 12.6. The largest absolute Gasteiger partial charge is 0.472 e. The zero-order chi connectivity index (χ0) is 39.6. The molecular weight excluding hydrogens is 701 g/mol. The number of nitrogens with one attached hydrogen (secondary N) is 1. The van der Waals surface area contributed by atoms with Gasteiger partial charge in [-0.1, -0.05) is 139 Å². The van der Waals surface area contributed by atoms with Gasteiger partial charge in [-0.15, -0.1) is 0 Å². The number of phosphoric acid groups is 1. The van der Waals surface area contributed by atoms with Gasteiger partial charge in [-0.2, -0.15) is 0 Å². The Bertz CT molecular complexity index is 1070. The van der Waals surface area contributed by atoms with Crippen molar-refractivity contribution in [1.82, 2.24) is 5.32 Å². The van der Waals surface area contributed by atoms with Crippen LogP contribution in [-0.4, -0.2) is 56.3 Å². The van der Waals surface area contributed by atoms with E-state index in [1.54, 1.807) is 7.05 Å². The Hall–Kier alpha value is -2.29. The first-order chi connectivity index (χ1) is 26.3. The van der Waals surface area contributed by atoms with Crippen LogP contribution >= 0.6 is 7.82 Å². The van der Waals surface area contributed by atoms with Crippen LogP contribution in [0.25, 0.3) is 0 Å². The molecular formula is C44H78NO8P. The molecule has 0 spiro atoms. The molecule has 54 heavy (non-hydrogen) atoms. The quantitative estimate of drug-likeness (QED) is 0.0272. The number of carbonyl (C=O) groups excluding carboxylic acids is 2. The molecule has 0 aliphatic rings. The summed E-state index contributed by atoms with van der Waals surface area (Å²) >= 11 is 0. The maximum Gasteiger partial charge on any atom is 0.472 e. The molecule has 0 aromatic carbocycles. The first kappa shape index (κ1) is 51.7. The summed E-state index contributed by atoms with van der Waals surface area (Å²) in [5.41, 5.74) is 0. The van der Waals surface area contributed by atoms with Crippen LogP contribution in [0.15, 0.2) is 60.8 Å². The molecule has 0 saturated heterocycles. The molecule has 312 valence electrons. The Morgan fingerprint density at radius 2 is 1.06 bits per heavy atom. The van der Waals surface area contributed by atoms with Crippen molar-refractivity contribution < 1.29 is 37.6 Å². The summed E-state index contributed by atoms with van der Waals surface area (Å²) < 4.78 is 33.1. The van der Waals surface area contributed by atoms with E-state index in [0.29, 0.717) is 13.0 Å². The van der Waals surface area contributed by atoms with E-state index in [1.807, 2.05) is 0 Å². The smallest absolute Gasteiger partial charge is 0.462 e. The van der Waals surface area contributed by atoms with Crippen LogP contribution in [0.2, 0.25) is 0 Å². The second-order valence-electron chi connectivity index (χ2n) is 13.8. The van der Waals surface area contributed by atoms with Crippen molar-refractivity contribution in [2.24, 2.45) is 0 Å². The zero-order valence-corrected chi connectivity index (χ0v) is 35.3. The normalized spacial score (nSPS) is 13.9. The van der Waals surface area contributed by atoms with Crippen LogP contribution in [0.3, 0.4) is 0 Å². The fourth-order valence-corrected chi connectivity index (χ4v) is 6.17. The van der Waals surface area contributed by atoms with Gasteiger partial charge in [-0.3, -0.25) is 18.6 Å². The molecule has 0 radical (unpaired) electrons. The molecule has 2 unspecified atom stereocenters. The van der Waals surface area contributed by atoms with E-state index in [0.717, 1.165) is 83.5 Å². The van der Waals surface area contributed by atoms with Gasteiger partial charge in [0.25, 0.3) is 0 Å². The Balaban J connectivity index is 4.30. The minimum Gasteiger partial charge on any atom is -0.462 e. The highest BCUT2D eigenvalue weighted by atomic mass is 31.2. The summed E-state index contributed by atoms with van der Waals surface area (Å²) in [5, 5.41) is 2.82. The number of hydrogen-bond donors (Lipinski definition) is 2. The van der Waals surface area contributed by atoms with Crippen molar-refractivity contribution in [3.63, 3.8) is 0 Å². The van der Waals surface area contributed by atoms with Gasteiger partial charge in [0.15, 0.2) is 6.10 Å². The SMILES string of the molecule is CC/C=C\C/C=C\C/C=C\C/C=C\CCCCCCC(=O)OC(COC(=O)CCCCCCCCC/C=C\CCCCCC)COP(=O)(O)OCCNC. The summed E-state index contributed by atoms with van der Waals surface area (Å²) in [6, 6.07) is 0. The van der Waals surface area contributed by atoms with Crippen LogP contribution < -0.4 is 5.32 Å². The maximum atomic E-state index is 12.6. The third kappa shape index (κ3) is 39.4. The Morgan fingerprint density at radius 3 is 1.59 bits per heavy atom. The Kier molecular flexibility index (Phi) is 38.7. The number of ether oxygens (including phenoxy) is 2. The lowest BCUT2D eigenvalue weighted by molar-refractivity contribution is -0.161. The zero-order valence-electron chi connectivity index (χ0n) is 34.4. The molecule has 0 aliphatic carbocycles. The van der Waals surface area contributed by atoms with Crippen molar-refractivity contribution in [1.29, 1.82) is 0 Å². The monoisotopic (exact) mass is 780 g/mol. The van der Waals surface area contributed by atoms with E-state index in [9.17, 15) is 19.0 Å². The van der Waals surface area contributed by atoms with Crippen molar-refractivity contribution in [3.05, 3.63) is 60.8 Å². The fourth-order valence-electron chi connectivity index (χ4n) is 5.42. The highest BCUT2D eigenvalue weighted by molar-refractivity contribution is 7.47. The van der Waals surface area contributed by atoms with Gasteiger partial charge in [-0.25, -0.2) is 4.57 Å². The highest BCUT2D eigenvalue weighted by Gasteiger charge is 2.26. The van der Waals surface area contributed by atoms with Crippen molar-refractivity contribution >= 4 is 19.8 Å². The summed E-state index contributed by atoms with van der Waals surface area (Å²) in [6.45, 7) is 4.05. The number of esters is 2. The van der Waals surface area contributed by atoms with E-state index in [-0.39, 0.29) is 32.0 Å². The number of hydrogen-bond acceptors (Lipinski definition) is 8. The topological polar surface area (TPSA) is 120 Å². The third-order valence-electron chi connectivity index (χ3n) is 8.62. The molecule has 0 aliphatic heterocycles. The van der Waals surface area contributed by atoms with Crippen LogP contribution in [0.5, 0.6) is 0 Å². The van der Waals surface area contributed by atoms with Crippen molar-refractivity contribution in [2.45, 2.75) is 174 Å². The number of unbranched alkanes of at least 4 members (excludes halogenated alkanes) is 15. The molecule has 0 saturated carbocycles. The van der Waals surface area contributed by atoms with Crippen molar-refractivity contribution in [3.8, 4) is 0 Å². The molecule has 0 amide bonds. The number of likely N-dealkylation sites (N-methyl/N-ethyl adjacent to an activating group) is 1. The summed E-state index contributed by atoms with van der Waals surface area (Å²) in [4.78, 5) is 35.0. The second kappa shape index (κ2) is 40.4. The standard InChI is InChI=1S/C44H78NO8P/c1-4-6-8-10-12-14-16-18-20-21-23-25-27-29-31-33-35-37-44(47)53-42(41-52-54(48,49)51-39-38-45-3)40-50-43(46)36-34-32-30-28-26-24-22-19-17-15-13-11-9-7-5-2/h6,8,12,14-15,17-18,20,23,25,42,45H,4-5,7,9-11,13,16,19,21-22,24,26-41H2,1-3H3,(H,48,49)/b8-6-,14-12-,17-15-,20-18-,25-23-. The average Bonchev–Trinajstić information content (AvgIpc) is 3.15. The van der Waals surface area contributed by atoms with E-state index in [2.05, 4.69) is 79.9 Å². The van der Waals surface area contributed by atoms with Gasteiger partial charge in [0.05, 0.1) is 13.2 Å².